The first-order valence-corrected chi connectivity index (χ1v) is 17.0. The molecule has 0 saturated heterocycles. The number of hydrogen-bond acceptors (Lipinski definition) is 1. The summed E-state index contributed by atoms with van der Waals surface area (Å²) in [5.74, 6) is -0.648. The van der Waals surface area contributed by atoms with E-state index in [1.807, 2.05) is 0 Å². The summed E-state index contributed by atoms with van der Waals surface area (Å²) >= 11 is -1.79. The van der Waals surface area contributed by atoms with E-state index in [1.165, 1.54) is 29.6 Å². The third-order valence-electron chi connectivity index (χ3n) is 4.10. The average molecular weight is 395 g/mol. The van der Waals surface area contributed by atoms with Gasteiger partial charge in [0.1, 0.15) is 0 Å². The first-order valence-electron chi connectivity index (χ1n) is 6.82. The molecule has 3 heteroatoms. The molecule has 0 aliphatic carbocycles. The second-order valence-corrected chi connectivity index (χ2v) is 25.1. The number of carbonyl (C=O) groups is 1. The molecule has 0 saturated carbocycles. The van der Waals surface area contributed by atoms with Crippen molar-refractivity contribution in [1.29, 1.82) is 0 Å². The predicted molar refractivity (Wildman–Crippen MR) is 67.0 cm³/mol. The van der Waals surface area contributed by atoms with Crippen molar-refractivity contribution in [1.82, 2.24) is 0 Å². The van der Waals surface area contributed by atoms with Gasteiger partial charge in [-0.1, -0.05) is 0 Å². The van der Waals surface area contributed by atoms with Gasteiger partial charge in [0.15, 0.2) is 0 Å². The normalized spacial score (nSPS) is 11.7. The molecule has 0 unspecified atom stereocenters. The molecule has 0 radical (unpaired) electrons. The van der Waals surface area contributed by atoms with Crippen LogP contribution in [0.3, 0.4) is 0 Å². The van der Waals surface area contributed by atoms with Crippen LogP contribution in [0, 0.1) is 0 Å². The van der Waals surface area contributed by atoms with E-state index in [0.29, 0.717) is 6.42 Å². The number of carboxylic acid groups (broad SMARTS) is 1. The molecule has 0 rings (SSSR count). The van der Waals surface area contributed by atoms with Gasteiger partial charge in [-0.2, -0.15) is 0 Å². The van der Waals surface area contributed by atoms with Crippen molar-refractivity contribution >= 4 is 5.97 Å². The van der Waals surface area contributed by atoms with Crippen LogP contribution in [0.5, 0.6) is 0 Å². The van der Waals surface area contributed by atoms with E-state index in [2.05, 4.69) is 20.8 Å². The Morgan fingerprint density at radius 2 is 1.44 bits per heavy atom. The summed E-state index contributed by atoms with van der Waals surface area (Å²) in [6, 6.07) is 0. The van der Waals surface area contributed by atoms with Crippen molar-refractivity contribution in [2.45, 2.75) is 69.6 Å². The van der Waals surface area contributed by atoms with Crippen LogP contribution < -0.4 is 0 Å². The van der Waals surface area contributed by atoms with Crippen LogP contribution >= 0.6 is 0 Å². The molecule has 0 spiro atoms. The molecule has 0 heterocycles. The Hall–Kier alpha value is 0.340. The van der Waals surface area contributed by atoms with Gasteiger partial charge in [-0.3, -0.25) is 0 Å². The number of rotatable bonds is 10. The molecule has 0 amide bonds. The molecule has 96 valence electrons. The van der Waals surface area contributed by atoms with Crippen molar-refractivity contribution < 1.29 is 29.9 Å². The van der Waals surface area contributed by atoms with Crippen LogP contribution in [0.1, 0.15) is 52.9 Å². The standard InChI is InChI=1S/C7H13O2.3C2H5.Hf/c1-2-3-4-5-6-7(8)9;3*1-2;/h1-6H2,(H,8,9);3*1H2,2H3;. The van der Waals surface area contributed by atoms with E-state index in [-0.39, 0.29) is 0 Å². The topological polar surface area (TPSA) is 37.3 Å². The van der Waals surface area contributed by atoms with E-state index >= 15 is 0 Å². The van der Waals surface area contributed by atoms with Crippen molar-refractivity contribution in [3.8, 4) is 0 Å². The molecular formula is C13H28HfO2. The summed E-state index contributed by atoms with van der Waals surface area (Å²) in [5.41, 5.74) is 0. The molecule has 0 fully saturated rings. The molecule has 2 nitrogen and oxygen atoms in total. The first-order chi connectivity index (χ1) is 7.60. The number of unbranched alkanes of at least 4 members (excludes halogenated alkanes) is 3. The maximum absolute atomic E-state index is 10.3. The molecule has 16 heavy (non-hydrogen) atoms. The van der Waals surface area contributed by atoms with Gasteiger partial charge in [0.05, 0.1) is 0 Å². The molecular weight excluding hydrogens is 367 g/mol. The summed E-state index contributed by atoms with van der Waals surface area (Å²) < 4.78 is 6.02. The van der Waals surface area contributed by atoms with Crippen molar-refractivity contribution in [3.63, 3.8) is 0 Å². The SMILES string of the molecule is C[CH2][Hf]([CH2]C)([CH2]C)[CH2]CCCCCC(=O)O. The van der Waals surface area contributed by atoms with E-state index < -0.39 is 25.9 Å². The van der Waals surface area contributed by atoms with E-state index in [9.17, 15) is 4.79 Å². The van der Waals surface area contributed by atoms with E-state index in [1.54, 1.807) is 0 Å². The molecule has 1 N–H and O–H groups in total. The molecule has 0 aromatic heterocycles. The maximum atomic E-state index is 10.3. The first kappa shape index (κ1) is 16.3. The monoisotopic (exact) mass is 396 g/mol. The molecule has 0 atom stereocenters. The average Bonchev–Trinajstić information content (AvgIpc) is 2.29. The Morgan fingerprint density at radius 3 is 1.88 bits per heavy atom. The van der Waals surface area contributed by atoms with Gasteiger partial charge in [0, 0.05) is 0 Å². The van der Waals surface area contributed by atoms with E-state index in [4.69, 9.17) is 5.11 Å². The van der Waals surface area contributed by atoms with Gasteiger partial charge in [-0.25, -0.2) is 0 Å². The van der Waals surface area contributed by atoms with Gasteiger partial charge < -0.3 is 0 Å². The zero-order chi connectivity index (χ0) is 12.4. The van der Waals surface area contributed by atoms with Gasteiger partial charge in [-0.05, 0) is 0 Å². The van der Waals surface area contributed by atoms with Crippen molar-refractivity contribution in [2.24, 2.45) is 0 Å². The summed E-state index contributed by atoms with van der Waals surface area (Å²) in [5, 5.41) is 8.52. The van der Waals surface area contributed by atoms with Crippen LogP contribution in [0.4, 0.5) is 0 Å². The predicted octanol–water partition coefficient (Wildman–Crippen LogP) is 4.91. The summed E-state index contributed by atoms with van der Waals surface area (Å²) in [6.45, 7) is 7.16. The molecule has 0 aromatic carbocycles. The summed E-state index contributed by atoms with van der Waals surface area (Å²) in [7, 11) is 0. The van der Waals surface area contributed by atoms with Crippen LogP contribution in [0.15, 0.2) is 0 Å². The third kappa shape index (κ3) is 6.82. The summed E-state index contributed by atoms with van der Waals surface area (Å²) in [6.07, 6.45) is 4.92. The quantitative estimate of drug-likeness (QED) is 0.422. The van der Waals surface area contributed by atoms with Crippen molar-refractivity contribution in [2.75, 3.05) is 0 Å². The van der Waals surface area contributed by atoms with Crippen LogP contribution in [-0.4, -0.2) is 11.1 Å². The van der Waals surface area contributed by atoms with Gasteiger partial charge in [0.2, 0.25) is 0 Å². The summed E-state index contributed by atoms with van der Waals surface area (Å²) in [4.78, 5) is 10.3. The fourth-order valence-electron chi connectivity index (χ4n) is 2.41. The zero-order valence-corrected chi connectivity index (χ0v) is 14.8. The number of aliphatic carboxylic acids is 1. The minimum atomic E-state index is -1.79. The van der Waals surface area contributed by atoms with Crippen LogP contribution in [0.25, 0.3) is 0 Å². The number of hydrogen-bond donors (Lipinski definition) is 1. The fourth-order valence-corrected chi connectivity index (χ4v) is 15.2. The van der Waals surface area contributed by atoms with Gasteiger partial charge >= 0.3 is 105 Å². The number of carboxylic acids is 1. The molecule has 0 aliphatic heterocycles. The second-order valence-electron chi connectivity index (χ2n) is 4.87. The second kappa shape index (κ2) is 9.38. The third-order valence-corrected chi connectivity index (χ3v) is 25.3. The Kier molecular flexibility index (Phi) is 9.58. The van der Waals surface area contributed by atoms with Crippen molar-refractivity contribution in [3.05, 3.63) is 0 Å². The van der Waals surface area contributed by atoms with E-state index in [0.717, 1.165) is 12.8 Å². The molecule has 0 aliphatic rings. The van der Waals surface area contributed by atoms with Crippen LogP contribution in [0.2, 0.25) is 16.7 Å². The van der Waals surface area contributed by atoms with Gasteiger partial charge in [-0.15, -0.1) is 0 Å². The Morgan fingerprint density at radius 1 is 0.938 bits per heavy atom. The van der Waals surface area contributed by atoms with Crippen LogP contribution in [-0.2, 0) is 24.8 Å². The Labute approximate surface area is 105 Å². The fraction of sp³-hybridized carbons (Fsp3) is 0.923. The Bertz CT molecular complexity index is 180. The minimum absolute atomic E-state index is 0.352. The molecule has 0 aromatic rings. The zero-order valence-electron chi connectivity index (χ0n) is 11.2. The molecule has 0 bridgehead atoms. The Balaban J connectivity index is 3.59. The van der Waals surface area contributed by atoms with Gasteiger partial charge in [0.25, 0.3) is 0 Å².